The second kappa shape index (κ2) is 6.80. The summed E-state index contributed by atoms with van der Waals surface area (Å²) in [5, 5.41) is 11.0. The Hall–Kier alpha value is -0.820. The lowest BCUT2D eigenvalue weighted by molar-refractivity contribution is -0.192. The van der Waals surface area contributed by atoms with Crippen LogP contribution in [0.5, 0.6) is 0 Å². The summed E-state index contributed by atoms with van der Waals surface area (Å²) in [5.74, 6) is -4.19. The summed E-state index contributed by atoms with van der Waals surface area (Å²) in [6.07, 6.45) is -4.71. The molecule has 0 aliphatic rings. The van der Waals surface area contributed by atoms with E-state index in [1.807, 2.05) is 25.8 Å². The zero-order valence-corrected chi connectivity index (χ0v) is 10.2. The van der Waals surface area contributed by atoms with Gasteiger partial charge in [-0.25, -0.2) is 0 Å². The third kappa shape index (κ3) is 6.48. The van der Waals surface area contributed by atoms with Gasteiger partial charge in [0, 0.05) is 25.7 Å². The molecular formula is C10H19F3N2O2. The van der Waals surface area contributed by atoms with Gasteiger partial charge < -0.3 is 15.3 Å². The standard InChI is InChI=1S/C10H19F3N2O2/c1-7(2)15(3)5-4-14-6-8(9(16)17)10(11,12)13/h7-8,14H,4-6H2,1-3H3,(H,16,17). The molecule has 0 saturated heterocycles. The molecule has 7 heteroatoms. The molecule has 4 nitrogen and oxygen atoms in total. The summed E-state index contributed by atoms with van der Waals surface area (Å²) < 4.78 is 36.8. The number of likely N-dealkylation sites (N-methyl/N-ethyl adjacent to an activating group) is 1. The second-order valence-electron chi connectivity index (χ2n) is 4.21. The first-order valence-electron chi connectivity index (χ1n) is 5.36. The van der Waals surface area contributed by atoms with Crippen molar-refractivity contribution in [2.45, 2.75) is 26.1 Å². The van der Waals surface area contributed by atoms with Gasteiger partial charge in [0.05, 0.1) is 0 Å². The first kappa shape index (κ1) is 16.2. The third-order valence-corrected chi connectivity index (χ3v) is 2.56. The number of alkyl halides is 3. The highest BCUT2D eigenvalue weighted by Crippen LogP contribution is 2.25. The number of carbonyl (C=O) groups is 1. The minimum absolute atomic E-state index is 0.301. The molecule has 1 unspecified atom stereocenters. The third-order valence-electron chi connectivity index (χ3n) is 2.56. The molecule has 0 aliphatic heterocycles. The predicted octanol–water partition coefficient (Wildman–Crippen LogP) is 1.18. The van der Waals surface area contributed by atoms with Crippen LogP contribution < -0.4 is 5.32 Å². The molecule has 0 aromatic heterocycles. The molecule has 0 rings (SSSR count). The Balaban J connectivity index is 3.97. The maximum absolute atomic E-state index is 12.3. The Bertz CT molecular complexity index is 244. The van der Waals surface area contributed by atoms with Crippen molar-refractivity contribution in [3.05, 3.63) is 0 Å². The number of nitrogens with zero attached hydrogens (tertiary/aromatic N) is 1. The van der Waals surface area contributed by atoms with Crippen LogP contribution in [0.15, 0.2) is 0 Å². The van der Waals surface area contributed by atoms with E-state index < -0.39 is 24.6 Å². The number of nitrogens with one attached hydrogen (secondary N) is 1. The number of hydrogen-bond donors (Lipinski definition) is 2. The topological polar surface area (TPSA) is 52.6 Å². The maximum Gasteiger partial charge on any atom is 0.403 e. The highest BCUT2D eigenvalue weighted by atomic mass is 19.4. The van der Waals surface area contributed by atoms with Crippen molar-refractivity contribution < 1.29 is 23.1 Å². The summed E-state index contributed by atoms with van der Waals surface area (Å²) in [6.45, 7) is 4.24. The lowest BCUT2D eigenvalue weighted by Gasteiger charge is -2.22. The summed E-state index contributed by atoms with van der Waals surface area (Å²) in [6, 6.07) is 0.301. The number of aliphatic carboxylic acids is 1. The molecule has 2 N–H and O–H groups in total. The van der Waals surface area contributed by atoms with Crippen molar-refractivity contribution in [3.63, 3.8) is 0 Å². The highest BCUT2D eigenvalue weighted by molar-refractivity contribution is 5.71. The summed E-state index contributed by atoms with van der Waals surface area (Å²) in [5.41, 5.74) is 0. The fraction of sp³-hybridized carbons (Fsp3) is 0.900. The van der Waals surface area contributed by atoms with Gasteiger partial charge in [-0.15, -0.1) is 0 Å². The van der Waals surface area contributed by atoms with E-state index in [0.717, 1.165) is 0 Å². The van der Waals surface area contributed by atoms with E-state index in [1.165, 1.54) is 0 Å². The summed E-state index contributed by atoms with van der Waals surface area (Å²) >= 11 is 0. The fourth-order valence-electron chi connectivity index (χ4n) is 1.10. The molecule has 0 fully saturated rings. The monoisotopic (exact) mass is 256 g/mol. The van der Waals surface area contributed by atoms with Gasteiger partial charge in [0.15, 0.2) is 5.92 Å². The van der Waals surface area contributed by atoms with Crippen molar-refractivity contribution in [2.24, 2.45) is 5.92 Å². The van der Waals surface area contributed by atoms with Crippen LogP contribution in [0.1, 0.15) is 13.8 Å². The van der Waals surface area contributed by atoms with Crippen LogP contribution in [0.3, 0.4) is 0 Å². The predicted molar refractivity (Wildman–Crippen MR) is 57.8 cm³/mol. The number of carboxylic acid groups (broad SMARTS) is 1. The molecular weight excluding hydrogens is 237 g/mol. The van der Waals surface area contributed by atoms with Gasteiger partial charge in [-0.3, -0.25) is 4.79 Å². The first-order valence-corrected chi connectivity index (χ1v) is 5.36. The molecule has 0 aromatic rings. The Morgan fingerprint density at radius 3 is 2.29 bits per heavy atom. The van der Waals surface area contributed by atoms with Gasteiger partial charge in [0.1, 0.15) is 0 Å². The number of hydrogen-bond acceptors (Lipinski definition) is 3. The van der Waals surface area contributed by atoms with E-state index in [4.69, 9.17) is 5.11 Å². The molecule has 0 spiro atoms. The van der Waals surface area contributed by atoms with E-state index in [-0.39, 0.29) is 0 Å². The molecule has 0 amide bonds. The van der Waals surface area contributed by atoms with Gasteiger partial charge >= 0.3 is 12.1 Å². The van der Waals surface area contributed by atoms with Crippen molar-refractivity contribution in [3.8, 4) is 0 Å². The normalized spacial score (nSPS) is 14.4. The molecule has 1 atom stereocenters. The van der Waals surface area contributed by atoms with E-state index in [1.54, 1.807) is 0 Å². The molecule has 0 saturated carbocycles. The molecule has 0 aromatic carbocycles. The van der Waals surface area contributed by atoms with Gasteiger partial charge in [-0.2, -0.15) is 13.2 Å². The Morgan fingerprint density at radius 1 is 1.41 bits per heavy atom. The average Bonchev–Trinajstić information content (AvgIpc) is 2.13. The zero-order chi connectivity index (χ0) is 13.6. The fourth-order valence-corrected chi connectivity index (χ4v) is 1.10. The Labute approximate surface area is 98.8 Å². The van der Waals surface area contributed by atoms with Crippen LogP contribution in [-0.4, -0.2) is 54.9 Å². The van der Waals surface area contributed by atoms with E-state index in [0.29, 0.717) is 19.1 Å². The first-order chi connectivity index (χ1) is 7.66. The van der Waals surface area contributed by atoms with Crippen molar-refractivity contribution in [1.29, 1.82) is 0 Å². The van der Waals surface area contributed by atoms with Crippen molar-refractivity contribution in [2.75, 3.05) is 26.7 Å². The Kier molecular flexibility index (Phi) is 6.48. The van der Waals surface area contributed by atoms with Crippen LogP contribution >= 0.6 is 0 Å². The SMILES string of the molecule is CC(C)N(C)CCNCC(C(=O)O)C(F)(F)F. The van der Waals surface area contributed by atoms with Crippen LogP contribution in [0.4, 0.5) is 13.2 Å². The molecule has 17 heavy (non-hydrogen) atoms. The molecule has 0 radical (unpaired) electrons. The van der Waals surface area contributed by atoms with Gasteiger partial charge in [0.2, 0.25) is 0 Å². The number of carboxylic acids is 1. The second-order valence-corrected chi connectivity index (χ2v) is 4.21. The van der Waals surface area contributed by atoms with E-state index in [9.17, 15) is 18.0 Å². The van der Waals surface area contributed by atoms with E-state index in [2.05, 4.69) is 5.32 Å². The molecule has 102 valence electrons. The van der Waals surface area contributed by atoms with Crippen molar-refractivity contribution >= 4 is 5.97 Å². The summed E-state index contributed by atoms with van der Waals surface area (Å²) in [7, 11) is 1.85. The van der Waals surface area contributed by atoms with Crippen LogP contribution in [0, 0.1) is 5.92 Å². The lowest BCUT2D eigenvalue weighted by atomic mass is 10.1. The largest absolute Gasteiger partial charge is 0.481 e. The molecule has 0 aliphatic carbocycles. The maximum atomic E-state index is 12.3. The smallest absolute Gasteiger partial charge is 0.403 e. The Morgan fingerprint density at radius 2 is 1.94 bits per heavy atom. The van der Waals surface area contributed by atoms with Gasteiger partial charge in [0.25, 0.3) is 0 Å². The van der Waals surface area contributed by atoms with Gasteiger partial charge in [-0.05, 0) is 20.9 Å². The lowest BCUT2D eigenvalue weighted by Crippen LogP contribution is -2.41. The van der Waals surface area contributed by atoms with E-state index >= 15 is 0 Å². The van der Waals surface area contributed by atoms with Crippen LogP contribution in [0.2, 0.25) is 0 Å². The van der Waals surface area contributed by atoms with Gasteiger partial charge in [-0.1, -0.05) is 0 Å². The van der Waals surface area contributed by atoms with Crippen LogP contribution in [-0.2, 0) is 4.79 Å². The zero-order valence-electron chi connectivity index (χ0n) is 10.2. The minimum atomic E-state index is -4.71. The summed E-state index contributed by atoms with van der Waals surface area (Å²) in [4.78, 5) is 12.4. The minimum Gasteiger partial charge on any atom is -0.481 e. The average molecular weight is 256 g/mol. The number of halogens is 3. The molecule has 0 bridgehead atoms. The highest BCUT2D eigenvalue weighted by Gasteiger charge is 2.44. The number of rotatable bonds is 7. The molecule has 0 heterocycles. The quantitative estimate of drug-likeness (QED) is 0.672. The van der Waals surface area contributed by atoms with Crippen LogP contribution in [0.25, 0.3) is 0 Å². The van der Waals surface area contributed by atoms with Crippen molar-refractivity contribution in [1.82, 2.24) is 10.2 Å².